The predicted octanol–water partition coefficient (Wildman–Crippen LogP) is 5.87. The highest BCUT2D eigenvalue weighted by molar-refractivity contribution is 6.87. The number of halogens is 1. The van der Waals surface area contributed by atoms with Crippen LogP contribution in [0.3, 0.4) is 0 Å². The van der Waals surface area contributed by atoms with E-state index in [-0.39, 0.29) is 17.0 Å². The summed E-state index contributed by atoms with van der Waals surface area (Å²) in [6, 6.07) is 10.9. The van der Waals surface area contributed by atoms with Crippen molar-refractivity contribution in [3.63, 3.8) is 0 Å². The van der Waals surface area contributed by atoms with Crippen LogP contribution < -0.4 is 5.51 Å². The number of fused-ring (bicyclic) bond motifs is 3. The number of nitriles is 1. The third-order valence-electron chi connectivity index (χ3n) is 5.78. The van der Waals surface area contributed by atoms with Gasteiger partial charge < -0.3 is 8.83 Å². The molecule has 0 unspecified atom stereocenters. The minimum Gasteiger partial charge on any atom is -0.454 e. The van der Waals surface area contributed by atoms with Crippen molar-refractivity contribution in [2.45, 2.75) is 33.5 Å². The van der Waals surface area contributed by atoms with Gasteiger partial charge in [-0.05, 0) is 43.2 Å². The molecule has 3 aromatic heterocycles. The quantitative estimate of drug-likeness (QED) is 0.315. The van der Waals surface area contributed by atoms with Crippen LogP contribution in [-0.4, -0.2) is 23.3 Å². The molecule has 8 heteroatoms. The number of aromatic nitrogens is 3. The zero-order valence-corrected chi connectivity index (χ0v) is 19.9. The van der Waals surface area contributed by atoms with Gasteiger partial charge in [0, 0.05) is 22.5 Å². The van der Waals surface area contributed by atoms with Crippen LogP contribution in [0.15, 0.2) is 45.4 Å². The lowest BCUT2D eigenvalue weighted by molar-refractivity contribution is 0.591. The van der Waals surface area contributed by atoms with E-state index in [0.29, 0.717) is 22.1 Å². The van der Waals surface area contributed by atoms with Gasteiger partial charge in [-0.1, -0.05) is 31.8 Å². The van der Waals surface area contributed by atoms with Crippen LogP contribution in [0.4, 0.5) is 4.39 Å². The Kier molecular flexibility index (Phi) is 4.69. The van der Waals surface area contributed by atoms with Crippen molar-refractivity contribution >= 4 is 35.5 Å². The average Bonchev–Trinajstić information content (AvgIpc) is 3.40. The zero-order valence-electron chi connectivity index (χ0n) is 18.9. The summed E-state index contributed by atoms with van der Waals surface area (Å²) in [5, 5.41) is 19.3. The monoisotopic (exact) mass is 456 g/mol. The van der Waals surface area contributed by atoms with Crippen molar-refractivity contribution in [2.24, 2.45) is 0 Å². The summed E-state index contributed by atoms with van der Waals surface area (Å²) < 4.78 is 27.3. The van der Waals surface area contributed by atoms with E-state index in [1.807, 2.05) is 50.4 Å². The minimum atomic E-state index is -1.90. The Bertz CT molecular complexity index is 1610. The van der Waals surface area contributed by atoms with E-state index >= 15 is 4.39 Å². The van der Waals surface area contributed by atoms with E-state index in [1.54, 1.807) is 0 Å². The lowest BCUT2D eigenvalue weighted by atomic mass is 10.0. The first-order valence-corrected chi connectivity index (χ1v) is 14.0. The molecule has 0 aliphatic carbocycles. The van der Waals surface area contributed by atoms with E-state index in [0.717, 1.165) is 27.8 Å². The second-order valence-corrected chi connectivity index (χ2v) is 14.1. The molecule has 0 radical (unpaired) electrons. The number of para-hydroxylation sites is 1. The SMILES string of the molecule is Cc1cnc(-c2cccc3c2oc2c(-c4nnc([Si](C)(C)C)o4)c(C#N)c(F)cc23)cc1C. The van der Waals surface area contributed by atoms with Gasteiger partial charge in [0.2, 0.25) is 0 Å². The Labute approximate surface area is 190 Å². The first-order valence-electron chi connectivity index (χ1n) is 10.5. The number of benzene rings is 2. The highest BCUT2D eigenvalue weighted by atomic mass is 28.3. The van der Waals surface area contributed by atoms with Crippen molar-refractivity contribution in [3.8, 4) is 28.8 Å². The molecule has 0 spiro atoms. The number of hydrogen-bond acceptors (Lipinski definition) is 6. The van der Waals surface area contributed by atoms with Crippen LogP contribution in [0, 0.1) is 31.0 Å². The Morgan fingerprint density at radius 3 is 2.42 bits per heavy atom. The topological polar surface area (TPSA) is 88.7 Å². The fourth-order valence-electron chi connectivity index (χ4n) is 3.81. The third-order valence-corrected chi connectivity index (χ3v) is 7.27. The second kappa shape index (κ2) is 7.35. The van der Waals surface area contributed by atoms with Crippen molar-refractivity contribution < 1.29 is 13.2 Å². The van der Waals surface area contributed by atoms with Gasteiger partial charge in [0.05, 0.1) is 5.69 Å². The van der Waals surface area contributed by atoms with Gasteiger partial charge in [-0.3, -0.25) is 4.98 Å². The van der Waals surface area contributed by atoms with Crippen LogP contribution in [0.5, 0.6) is 0 Å². The Hall–Kier alpha value is -3.83. The fourth-order valence-corrected chi connectivity index (χ4v) is 4.57. The van der Waals surface area contributed by atoms with Crippen molar-refractivity contribution in [1.82, 2.24) is 15.2 Å². The summed E-state index contributed by atoms with van der Waals surface area (Å²) in [4.78, 5) is 4.57. The molecule has 164 valence electrons. The minimum absolute atomic E-state index is 0.0818. The smallest absolute Gasteiger partial charge is 0.252 e. The standard InChI is InChI=1S/C25H21FN4O2Si/c1-13-9-20(28-12-14(13)2)16-8-6-7-15-17-10-19(26)18(11-27)21(23(17)31-22(15)16)24-29-30-25(32-24)33(3,4)5/h6-10,12H,1-5H3. The average molecular weight is 457 g/mol. The highest BCUT2D eigenvalue weighted by Crippen LogP contribution is 2.41. The second-order valence-electron chi connectivity index (χ2n) is 9.20. The number of nitrogens with zero attached hydrogens (tertiary/aromatic N) is 4. The number of hydrogen-bond donors (Lipinski definition) is 0. The van der Waals surface area contributed by atoms with Gasteiger partial charge in [0.25, 0.3) is 5.89 Å². The molecular formula is C25H21FN4O2Si. The normalized spacial score (nSPS) is 11.9. The maximum absolute atomic E-state index is 15.1. The van der Waals surface area contributed by atoms with Crippen LogP contribution >= 0.6 is 0 Å². The summed E-state index contributed by atoms with van der Waals surface area (Å²) >= 11 is 0. The summed E-state index contributed by atoms with van der Waals surface area (Å²) in [7, 11) is -1.90. The van der Waals surface area contributed by atoms with Crippen LogP contribution in [-0.2, 0) is 0 Å². The van der Waals surface area contributed by atoms with E-state index in [2.05, 4.69) is 34.8 Å². The van der Waals surface area contributed by atoms with Crippen molar-refractivity contribution in [3.05, 3.63) is 59.0 Å². The summed E-state index contributed by atoms with van der Waals surface area (Å²) in [5.41, 5.74) is 5.15. The zero-order chi connectivity index (χ0) is 23.5. The molecular weight excluding hydrogens is 435 g/mol. The summed E-state index contributed by atoms with van der Waals surface area (Å²) in [6.45, 7) is 10.2. The molecule has 5 rings (SSSR count). The maximum atomic E-state index is 15.1. The third kappa shape index (κ3) is 3.32. The molecule has 0 atom stereocenters. The lowest BCUT2D eigenvalue weighted by Gasteiger charge is -2.08. The van der Waals surface area contributed by atoms with Crippen LogP contribution in [0.25, 0.3) is 44.7 Å². The van der Waals surface area contributed by atoms with Gasteiger partial charge in [0.1, 0.15) is 34.2 Å². The molecule has 0 bridgehead atoms. The van der Waals surface area contributed by atoms with E-state index in [4.69, 9.17) is 8.83 Å². The van der Waals surface area contributed by atoms with Crippen LogP contribution in [0.1, 0.15) is 16.7 Å². The predicted molar refractivity (Wildman–Crippen MR) is 127 cm³/mol. The van der Waals surface area contributed by atoms with Gasteiger partial charge in [0.15, 0.2) is 13.6 Å². The molecule has 0 aliphatic heterocycles. The molecule has 2 aromatic carbocycles. The summed E-state index contributed by atoms with van der Waals surface area (Å²) in [5.74, 6) is -0.580. The molecule has 0 saturated carbocycles. The molecule has 5 aromatic rings. The van der Waals surface area contributed by atoms with E-state index in [1.165, 1.54) is 6.07 Å². The molecule has 33 heavy (non-hydrogen) atoms. The van der Waals surface area contributed by atoms with Crippen LogP contribution in [0.2, 0.25) is 19.6 Å². The number of rotatable bonds is 3. The van der Waals surface area contributed by atoms with Gasteiger partial charge in [-0.2, -0.15) is 5.26 Å². The first kappa shape index (κ1) is 21.0. The molecule has 3 heterocycles. The lowest BCUT2D eigenvalue weighted by Crippen LogP contribution is -2.38. The molecule has 0 N–H and O–H groups in total. The molecule has 0 saturated heterocycles. The Morgan fingerprint density at radius 1 is 0.970 bits per heavy atom. The molecule has 0 amide bonds. The highest BCUT2D eigenvalue weighted by Gasteiger charge is 2.29. The summed E-state index contributed by atoms with van der Waals surface area (Å²) in [6.07, 6.45) is 1.82. The van der Waals surface area contributed by atoms with Crippen molar-refractivity contribution in [2.75, 3.05) is 0 Å². The molecule has 0 aliphatic rings. The Morgan fingerprint density at radius 2 is 1.76 bits per heavy atom. The largest absolute Gasteiger partial charge is 0.454 e. The van der Waals surface area contributed by atoms with Gasteiger partial charge in [-0.15, -0.1) is 10.2 Å². The Balaban J connectivity index is 1.85. The number of pyridine rings is 1. The maximum Gasteiger partial charge on any atom is 0.252 e. The van der Waals surface area contributed by atoms with E-state index < -0.39 is 13.9 Å². The number of furan rings is 1. The molecule has 6 nitrogen and oxygen atoms in total. The first-order chi connectivity index (χ1) is 15.7. The van der Waals surface area contributed by atoms with E-state index in [9.17, 15) is 5.26 Å². The van der Waals surface area contributed by atoms with Gasteiger partial charge in [-0.25, -0.2) is 4.39 Å². The van der Waals surface area contributed by atoms with Gasteiger partial charge >= 0.3 is 0 Å². The number of aryl methyl sites for hydroxylation is 2. The van der Waals surface area contributed by atoms with Crippen molar-refractivity contribution in [1.29, 1.82) is 5.26 Å². The fraction of sp³-hybridized carbons (Fsp3) is 0.200. The molecule has 0 fully saturated rings.